The Morgan fingerprint density at radius 3 is 2.81 bits per heavy atom. The summed E-state index contributed by atoms with van der Waals surface area (Å²) < 4.78 is 0. The van der Waals surface area contributed by atoms with E-state index < -0.39 is 0 Å². The van der Waals surface area contributed by atoms with Crippen molar-refractivity contribution in [2.45, 2.75) is 13.8 Å². The number of carbonyl (C=O) groups is 1. The fourth-order valence-electron chi connectivity index (χ4n) is 2.71. The first-order valence-electron chi connectivity index (χ1n) is 8.13. The summed E-state index contributed by atoms with van der Waals surface area (Å²) >= 11 is 1.59. The van der Waals surface area contributed by atoms with Crippen LogP contribution in [0.1, 0.15) is 21.2 Å². The van der Waals surface area contributed by atoms with E-state index in [4.69, 9.17) is 0 Å². The average molecular weight is 363 g/mol. The number of anilines is 1. The van der Waals surface area contributed by atoms with Crippen molar-refractivity contribution in [3.05, 3.63) is 64.5 Å². The van der Waals surface area contributed by atoms with Crippen molar-refractivity contribution in [3.63, 3.8) is 0 Å². The molecule has 130 valence electrons. The number of H-pyrrole nitrogens is 2. The highest BCUT2D eigenvalue weighted by Crippen LogP contribution is 2.27. The molecule has 26 heavy (non-hydrogen) atoms. The molecule has 1 amide bonds. The number of nitrogens with zero attached hydrogens (tertiary/aromatic N) is 2. The molecule has 3 heterocycles. The summed E-state index contributed by atoms with van der Waals surface area (Å²) in [5.41, 5.74) is 4.76. The molecule has 0 aliphatic heterocycles. The summed E-state index contributed by atoms with van der Waals surface area (Å²) in [5.74, 6) is 0.516. The number of hydrogen-bond acceptors (Lipinski definition) is 4. The van der Waals surface area contributed by atoms with Crippen molar-refractivity contribution in [1.82, 2.24) is 19.9 Å². The van der Waals surface area contributed by atoms with Gasteiger partial charge in [0, 0.05) is 34.6 Å². The predicted molar refractivity (Wildman–Crippen MR) is 103 cm³/mol. The van der Waals surface area contributed by atoms with E-state index in [9.17, 15) is 4.79 Å². The second kappa shape index (κ2) is 6.61. The van der Waals surface area contributed by atoms with Crippen LogP contribution < -0.4 is 5.32 Å². The van der Waals surface area contributed by atoms with Crippen LogP contribution in [0.4, 0.5) is 5.69 Å². The molecule has 0 unspecified atom stereocenters. The van der Waals surface area contributed by atoms with E-state index in [2.05, 4.69) is 25.3 Å². The number of thiazole rings is 1. The van der Waals surface area contributed by atoms with Crippen LogP contribution in [-0.2, 0) is 0 Å². The van der Waals surface area contributed by atoms with Gasteiger partial charge in [-0.15, -0.1) is 11.3 Å². The van der Waals surface area contributed by atoms with Crippen LogP contribution in [0.15, 0.2) is 48.1 Å². The maximum absolute atomic E-state index is 12.7. The molecule has 4 aromatic rings. The molecule has 0 spiro atoms. The number of rotatable bonds is 4. The van der Waals surface area contributed by atoms with Crippen LogP contribution in [0.5, 0.6) is 0 Å². The molecular formula is C19H17N5OS. The Morgan fingerprint density at radius 2 is 2.08 bits per heavy atom. The van der Waals surface area contributed by atoms with E-state index in [1.807, 2.05) is 49.6 Å². The first-order valence-corrected chi connectivity index (χ1v) is 9.01. The lowest BCUT2D eigenvalue weighted by Gasteiger charge is -2.08. The number of aromatic nitrogens is 4. The van der Waals surface area contributed by atoms with Crippen LogP contribution >= 0.6 is 11.3 Å². The molecule has 0 atom stereocenters. The molecule has 0 radical (unpaired) electrons. The van der Waals surface area contributed by atoms with E-state index in [1.54, 1.807) is 23.7 Å². The fraction of sp³-hybridized carbons (Fsp3) is 0.105. The number of nitrogens with one attached hydrogen (secondary N) is 3. The highest BCUT2D eigenvalue weighted by Gasteiger charge is 2.14. The summed E-state index contributed by atoms with van der Waals surface area (Å²) in [7, 11) is 0. The Labute approximate surface area is 154 Å². The van der Waals surface area contributed by atoms with Gasteiger partial charge in [0.05, 0.1) is 16.4 Å². The molecule has 0 saturated heterocycles. The molecule has 0 fully saturated rings. The summed E-state index contributed by atoms with van der Waals surface area (Å²) in [6.07, 6.45) is 3.56. The van der Waals surface area contributed by atoms with Gasteiger partial charge in [-0.05, 0) is 32.0 Å². The van der Waals surface area contributed by atoms with Gasteiger partial charge in [-0.2, -0.15) is 0 Å². The van der Waals surface area contributed by atoms with Gasteiger partial charge in [0.25, 0.3) is 5.91 Å². The number of imidazole rings is 1. The van der Waals surface area contributed by atoms with E-state index in [0.717, 1.165) is 33.3 Å². The van der Waals surface area contributed by atoms with Crippen molar-refractivity contribution in [2.24, 2.45) is 0 Å². The second-order valence-electron chi connectivity index (χ2n) is 5.97. The minimum absolute atomic E-state index is 0.209. The molecule has 0 aliphatic rings. The lowest BCUT2D eigenvalue weighted by Crippen LogP contribution is -2.13. The Balaban J connectivity index is 1.59. The largest absolute Gasteiger partial charge is 0.357 e. The van der Waals surface area contributed by atoms with Crippen molar-refractivity contribution in [2.75, 3.05) is 5.32 Å². The van der Waals surface area contributed by atoms with Crippen LogP contribution in [0, 0.1) is 13.8 Å². The van der Waals surface area contributed by atoms with Gasteiger partial charge in [0.1, 0.15) is 11.5 Å². The molecule has 0 saturated carbocycles. The molecule has 0 bridgehead atoms. The molecule has 6 nitrogen and oxygen atoms in total. The number of aryl methyl sites for hydroxylation is 2. The SMILES string of the molecule is Cc1cnc(-c2ccccc2NC(=O)c2cc(-c3csc(C)n3)c[nH]2)[nH]1. The topological polar surface area (TPSA) is 86.5 Å². The van der Waals surface area contributed by atoms with E-state index >= 15 is 0 Å². The highest BCUT2D eigenvalue weighted by atomic mass is 32.1. The summed E-state index contributed by atoms with van der Waals surface area (Å²) in [6.45, 7) is 3.90. The quantitative estimate of drug-likeness (QED) is 0.502. The Morgan fingerprint density at radius 1 is 1.23 bits per heavy atom. The van der Waals surface area contributed by atoms with Crippen LogP contribution in [0.2, 0.25) is 0 Å². The van der Waals surface area contributed by atoms with Gasteiger partial charge in [-0.25, -0.2) is 9.97 Å². The zero-order valence-electron chi connectivity index (χ0n) is 14.3. The van der Waals surface area contributed by atoms with Gasteiger partial charge in [0.15, 0.2) is 0 Å². The third-order valence-electron chi connectivity index (χ3n) is 3.98. The molecule has 4 rings (SSSR count). The minimum atomic E-state index is -0.209. The summed E-state index contributed by atoms with van der Waals surface area (Å²) in [4.78, 5) is 27.7. The first-order chi connectivity index (χ1) is 12.6. The third kappa shape index (κ3) is 3.16. The lowest BCUT2D eigenvalue weighted by molar-refractivity contribution is 0.102. The fourth-order valence-corrected chi connectivity index (χ4v) is 3.33. The lowest BCUT2D eigenvalue weighted by atomic mass is 10.1. The molecule has 1 aromatic carbocycles. The zero-order valence-corrected chi connectivity index (χ0v) is 15.1. The van der Waals surface area contributed by atoms with E-state index in [-0.39, 0.29) is 5.91 Å². The van der Waals surface area contributed by atoms with Gasteiger partial charge in [0.2, 0.25) is 0 Å². The Kier molecular flexibility index (Phi) is 4.14. The number of amides is 1. The van der Waals surface area contributed by atoms with Crippen LogP contribution in [0.3, 0.4) is 0 Å². The molecule has 0 aliphatic carbocycles. The third-order valence-corrected chi connectivity index (χ3v) is 4.75. The highest BCUT2D eigenvalue weighted by molar-refractivity contribution is 7.09. The van der Waals surface area contributed by atoms with Crippen LogP contribution in [0.25, 0.3) is 22.6 Å². The monoisotopic (exact) mass is 363 g/mol. The maximum Gasteiger partial charge on any atom is 0.272 e. The molecule has 3 N–H and O–H groups in total. The van der Waals surface area contributed by atoms with Crippen molar-refractivity contribution < 1.29 is 4.79 Å². The normalized spacial score (nSPS) is 10.8. The predicted octanol–water partition coefficient (Wildman–Crippen LogP) is 4.40. The van der Waals surface area contributed by atoms with Gasteiger partial charge in [-0.1, -0.05) is 12.1 Å². The van der Waals surface area contributed by atoms with Crippen LogP contribution in [-0.4, -0.2) is 25.8 Å². The number of carbonyl (C=O) groups excluding carboxylic acids is 1. The minimum Gasteiger partial charge on any atom is -0.357 e. The number of benzene rings is 1. The smallest absolute Gasteiger partial charge is 0.272 e. The van der Waals surface area contributed by atoms with E-state index in [1.165, 1.54) is 0 Å². The summed E-state index contributed by atoms with van der Waals surface area (Å²) in [6, 6.07) is 9.39. The number of hydrogen-bond donors (Lipinski definition) is 3. The maximum atomic E-state index is 12.7. The van der Waals surface area contributed by atoms with Crippen molar-refractivity contribution >= 4 is 22.9 Å². The average Bonchev–Trinajstić information content (AvgIpc) is 3.36. The molecular weight excluding hydrogens is 346 g/mol. The zero-order chi connectivity index (χ0) is 18.1. The Hall–Kier alpha value is -3.19. The Bertz CT molecular complexity index is 1080. The summed E-state index contributed by atoms with van der Waals surface area (Å²) in [5, 5.41) is 5.93. The first kappa shape index (κ1) is 16.3. The van der Waals surface area contributed by atoms with Crippen molar-refractivity contribution in [3.8, 4) is 22.6 Å². The van der Waals surface area contributed by atoms with Gasteiger partial charge in [-0.3, -0.25) is 4.79 Å². The number of aromatic amines is 2. The second-order valence-corrected chi connectivity index (χ2v) is 7.03. The standard InChI is InChI=1S/C19H17N5OS/c1-11-8-21-18(22-11)14-5-3-4-6-15(14)24-19(25)16-7-13(9-20-16)17-10-26-12(2)23-17/h3-10,20H,1-2H3,(H,21,22)(H,24,25). The molecule has 3 aromatic heterocycles. The molecule has 7 heteroatoms. The van der Waals surface area contributed by atoms with Gasteiger partial charge < -0.3 is 15.3 Å². The van der Waals surface area contributed by atoms with Crippen molar-refractivity contribution in [1.29, 1.82) is 0 Å². The van der Waals surface area contributed by atoms with Gasteiger partial charge >= 0.3 is 0 Å². The van der Waals surface area contributed by atoms with E-state index in [0.29, 0.717) is 11.4 Å². The number of para-hydroxylation sites is 1.